The van der Waals surface area contributed by atoms with Crippen LogP contribution in [0.25, 0.3) is 0 Å². The number of nitrogens with two attached hydrogens (primary N) is 1. The lowest BCUT2D eigenvalue weighted by Gasteiger charge is -2.17. The molecule has 0 bridgehead atoms. The van der Waals surface area contributed by atoms with E-state index in [1.807, 2.05) is 12.1 Å². The normalized spacial score (nSPS) is 21.3. The maximum absolute atomic E-state index is 13.3. The molecule has 0 aromatic heterocycles. The largest absolute Gasteiger partial charge is 0.323 e. The number of hydrogen-bond donors (Lipinski definition) is 1. The maximum atomic E-state index is 13.3. The Balaban J connectivity index is 2.02. The van der Waals surface area contributed by atoms with Crippen LogP contribution in [0.3, 0.4) is 0 Å². The van der Waals surface area contributed by atoms with Crippen molar-refractivity contribution in [3.63, 3.8) is 0 Å². The summed E-state index contributed by atoms with van der Waals surface area (Å²) in [5, 5.41) is -0.861. The van der Waals surface area contributed by atoms with Crippen molar-refractivity contribution in [3.8, 4) is 0 Å². The quantitative estimate of drug-likeness (QED) is 0.866. The van der Waals surface area contributed by atoms with Crippen LogP contribution in [0.1, 0.15) is 17.2 Å². The average Bonchev–Trinajstić information content (AvgIpc) is 2.80. The molecule has 0 saturated heterocycles. The summed E-state index contributed by atoms with van der Waals surface area (Å²) in [7, 11) is -3.83. The highest BCUT2D eigenvalue weighted by atomic mass is 32.2. The van der Waals surface area contributed by atoms with Crippen molar-refractivity contribution in [2.75, 3.05) is 0 Å². The van der Waals surface area contributed by atoms with E-state index in [9.17, 15) is 17.2 Å². The second-order valence-corrected chi connectivity index (χ2v) is 7.26. The van der Waals surface area contributed by atoms with Gasteiger partial charge in [0.05, 0.1) is 10.1 Å². The molecule has 1 aliphatic rings. The van der Waals surface area contributed by atoms with Crippen molar-refractivity contribution in [1.82, 2.24) is 0 Å². The predicted molar refractivity (Wildman–Crippen MR) is 74.4 cm³/mol. The Bertz CT molecular complexity index is 805. The van der Waals surface area contributed by atoms with Gasteiger partial charge in [-0.15, -0.1) is 0 Å². The highest BCUT2D eigenvalue weighted by Crippen LogP contribution is 2.36. The smallest absolute Gasteiger partial charge is 0.183 e. The first-order valence-electron chi connectivity index (χ1n) is 6.43. The second-order valence-electron chi connectivity index (χ2n) is 5.09. The third-order valence-electron chi connectivity index (χ3n) is 3.85. The molecule has 0 aliphatic heterocycles. The zero-order chi connectivity index (χ0) is 15.2. The van der Waals surface area contributed by atoms with E-state index in [1.165, 1.54) is 0 Å². The summed E-state index contributed by atoms with van der Waals surface area (Å²) in [6, 6.07) is 9.17. The zero-order valence-corrected chi connectivity index (χ0v) is 11.8. The summed E-state index contributed by atoms with van der Waals surface area (Å²) in [5.74, 6) is -2.26. The third-order valence-corrected chi connectivity index (χ3v) is 6.02. The fraction of sp³-hybridized carbons (Fsp3) is 0.200. The molecule has 2 atom stereocenters. The van der Waals surface area contributed by atoms with E-state index in [0.717, 1.165) is 23.3 Å². The molecule has 0 heterocycles. The minimum atomic E-state index is -3.83. The van der Waals surface area contributed by atoms with Crippen molar-refractivity contribution < 1.29 is 17.2 Å². The monoisotopic (exact) mass is 309 g/mol. The van der Waals surface area contributed by atoms with Crippen LogP contribution in [0.4, 0.5) is 8.78 Å². The van der Waals surface area contributed by atoms with Crippen molar-refractivity contribution in [3.05, 3.63) is 65.2 Å². The maximum Gasteiger partial charge on any atom is 0.183 e. The molecule has 1 aliphatic carbocycles. The molecule has 0 saturated carbocycles. The highest BCUT2D eigenvalue weighted by Gasteiger charge is 2.39. The molecule has 3 nitrogen and oxygen atoms in total. The number of benzene rings is 2. The summed E-state index contributed by atoms with van der Waals surface area (Å²) in [5.41, 5.74) is 7.70. The van der Waals surface area contributed by atoms with Crippen LogP contribution in [0, 0.1) is 11.6 Å². The lowest BCUT2D eigenvalue weighted by Crippen LogP contribution is -2.30. The number of rotatable bonds is 2. The van der Waals surface area contributed by atoms with Gasteiger partial charge in [-0.05, 0) is 35.7 Å². The molecule has 0 radical (unpaired) electrons. The van der Waals surface area contributed by atoms with E-state index in [1.54, 1.807) is 12.1 Å². The van der Waals surface area contributed by atoms with Gasteiger partial charge in [0.2, 0.25) is 0 Å². The predicted octanol–water partition coefficient (Wildman–Crippen LogP) is 2.36. The van der Waals surface area contributed by atoms with E-state index < -0.39 is 32.8 Å². The van der Waals surface area contributed by atoms with Crippen molar-refractivity contribution in [2.45, 2.75) is 22.6 Å². The van der Waals surface area contributed by atoms with E-state index in [0.29, 0.717) is 6.07 Å². The van der Waals surface area contributed by atoms with Gasteiger partial charge in [-0.3, -0.25) is 0 Å². The van der Waals surface area contributed by atoms with Crippen molar-refractivity contribution in [1.29, 1.82) is 0 Å². The Morgan fingerprint density at radius 3 is 2.43 bits per heavy atom. The first-order chi connectivity index (χ1) is 9.91. The van der Waals surface area contributed by atoms with Crippen LogP contribution in [0.2, 0.25) is 0 Å². The van der Waals surface area contributed by atoms with Crippen LogP contribution >= 0.6 is 0 Å². The summed E-state index contributed by atoms with van der Waals surface area (Å²) >= 11 is 0. The SMILES string of the molecule is NC1c2ccccc2CC1S(=O)(=O)c1ccc(F)c(F)c1. The van der Waals surface area contributed by atoms with Gasteiger partial charge in [-0.1, -0.05) is 24.3 Å². The van der Waals surface area contributed by atoms with E-state index in [-0.39, 0.29) is 11.3 Å². The third kappa shape index (κ3) is 2.24. The van der Waals surface area contributed by atoms with Crippen LogP contribution in [-0.2, 0) is 16.3 Å². The first kappa shape index (κ1) is 14.2. The minimum absolute atomic E-state index is 0.241. The van der Waals surface area contributed by atoms with Crippen LogP contribution < -0.4 is 5.73 Å². The highest BCUT2D eigenvalue weighted by molar-refractivity contribution is 7.92. The van der Waals surface area contributed by atoms with Crippen molar-refractivity contribution >= 4 is 9.84 Å². The van der Waals surface area contributed by atoms with Crippen LogP contribution in [0.5, 0.6) is 0 Å². The molecule has 3 rings (SSSR count). The number of fused-ring (bicyclic) bond motifs is 1. The number of sulfone groups is 1. The fourth-order valence-corrected chi connectivity index (χ4v) is 4.53. The Morgan fingerprint density at radius 1 is 1.05 bits per heavy atom. The Morgan fingerprint density at radius 2 is 1.76 bits per heavy atom. The Hall–Kier alpha value is -1.79. The zero-order valence-electron chi connectivity index (χ0n) is 11.0. The molecular weight excluding hydrogens is 296 g/mol. The molecule has 110 valence electrons. The number of halogens is 2. The molecule has 21 heavy (non-hydrogen) atoms. The minimum Gasteiger partial charge on any atom is -0.323 e. The molecule has 0 spiro atoms. The molecular formula is C15H13F2NO2S. The van der Waals surface area contributed by atoms with E-state index in [4.69, 9.17) is 5.73 Å². The van der Waals surface area contributed by atoms with Gasteiger partial charge < -0.3 is 5.73 Å². The molecule has 2 aromatic rings. The molecule has 0 amide bonds. The topological polar surface area (TPSA) is 60.2 Å². The van der Waals surface area contributed by atoms with Crippen LogP contribution in [0.15, 0.2) is 47.4 Å². The van der Waals surface area contributed by atoms with Gasteiger partial charge in [0.1, 0.15) is 0 Å². The summed E-state index contributed by atoms with van der Waals surface area (Å²) in [6.07, 6.45) is 0.276. The average molecular weight is 309 g/mol. The Kier molecular flexibility index (Phi) is 3.30. The van der Waals surface area contributed by atoms with Gasteiger partial charge in [-0.2, -0.15) is 0 Å². The standard InChI is InChI=1S/C15H13F2NO2S/c16-12-6-5-10(8-13(12)17)21(19,20)14-7-9-3-1-2-4-11(9)15(14)18/h1-6,8,14-15H,7,18H2. The first-order valence-corrected chi connectivity index (χ1v) is 7.98. The molecule has 2 N–H and O–H groups in total. The molecule has 0 fully saturated rings. The lowest BCUT2D eigenvalue weighted by molar-refractivity contribution is 0.503. The summed E-state index contributed by atoms with van der Waals surface area (Å²) in [4.78, 5) is -0.241. The molecule has 2 aromatic carbocycles. The molecule has 2 unspecified atom stereocenters. The van der Waals surface area contributed by atoms with E-state index in [2.05, 4.69) is 0 Å². The summed E-state index contributed by atoms with van der Waals surface area (Å²) < 4.78 is 51.5. The Labute approximate surface area is 121 Å². The van der Waals surface area contributed by atoms with Gasteiger partial charge >= 0.3 is 0 Å². The summed E-state index contributed by atoms with van der Waals surface area (Å²) in [6.45, 7) is 0. The second kappa shape index (κ2) is 4.89. The number of hydrogen-bond acceptors (Lipinski definition) is 3. The van der Waals surface area contributed by atoms with Gasteiger partial charge in [-0.25, -0.2) is 17.2 Å². The van der Waals surface area contributed by atoms with Crippen LogP contribution in [-0.4, -0.2) is 13.7 Å². The van der Waals surface area contributed by atoms with Gasteiger partial charge in [0, 0.05) is 6.04 Å². The van der Waals surface area contributed by atoms with Gasteiger partial charge in [0.15, 0.2) is 21.5 Å². The fourth-order valence-electron chi connectivity index (χ4n) is 2.72. The van der Waals surface area contributed by atoms with E-state index >= 15 is 0 Å². The van der Waals surface area contributed by atoms with Gasteiger partial charge in [0.25, 0.3) is 0 Å². The van der Waals surface area contributed by atoms with Crippen molar-refractivity contribution in [2.24, 2.45) is 5.73 Å². The lowest BCUT2D eigenvalue weighted by atomic mass is 10.1. The molecule has 6 heteroatoms.